The molecule has 3 N–H and O–H groups in total. The number of nitrogens with one attached hydrogen (secondary N) is 3. The SMILES string of the molecule is Cc1c2nc(n1-c1ccc(-c3ccccc3)cc1)[C@H](C(C)C)NC(=O)c1nc(n(-c3ccc(-c4ccccc4)cc3)c1C)[C@H](C(C)C)NC(=O)c1nc(n(-c3ccc(-c4ccccc4)cc3)c1C)[C@H](C(C)C)NC2=O. The van der Waals surface area contributed by atoms with Gasteiger partial charge in [-0.25, -0.2) is 15.0 Å². The number of aromatic nitrogens is 6. The van der Waals surface area contributed by atoms with E-state index in [1.54, 1.807) is 0 Å². The third-order valence-electron chi connectivity index (χ3n) is 14.4. The summed E-state index contributed by atoms with van der Waals surface area (Å²) >= 11 is 0. The predicted molar refractivity (Wildman–Crippen MR) is 296 cm³/mol. The van der Waals surface area contributed by atoms with Gasteiger partial charge in [0.05, 0.1) is 35.2 Å². The van der Waals surface area contributed by atoms with Gasteiger partial charge in [0.15, 0.2) is 0 Å². The Balaban J connectivity index is 1.18. The third-order valence-corrected chi connectivity index (χ3v) is 14.4. The lowest BCUT2D eigenvalue weighted by molar-refractivity contribution is 0.0913. The number of carbonyl (C=O) groups excluding carboxylic acids is 3. The zero-order valence-electron chi connectivity index (χ0n) is 44.0. The van der Waals surface area contributed by atoms with E-state index >= 15 is 14.4 Å². The summed E-state index contributed by atoms with van der Waals surface area (Å²) in [6, 6.07) is 52.9. The molecular weight excluding hydrogens is 931 g/mol. The zero-order chi connectivity index (χ0) is 52.7. The summed E-state index contributed by atoms with van der Waals surface area (Å²) in [5.74, 6) is -0.355. The Labute approximate surface area is 439 Å². The van der Waals surface area contributed by atoms with E-state index < -0.39 is 35.8 Å². The lowest BCUT2D eigenvalue weighted by Crippen LogP contribution is -2.35. The van der Waals surface area contributed by atoms with Crippen LogP contribution in [0, 0.1) is 38.5 Å². The smallest absolute Gasteiger partial charge is 0.272 e. The van der Waals surface area contributed by atoms with E-state index in [1.165, 1.54) is 0 Å². The van der Waals surface area contributed by atoms with Crippen LogP contribution in [0.5, 0.6) is 0 Å². The largest absolute Gasteiger partial charge is 0.340 e. The highest BCUT2D eigenvalue weighted by Crippen LogP contribution is 2.35. The molecule has 0 unspecified atom stereocenters. The van der Waals surface area contributed by atoms with Crippen molar-refractivity contribution >= 4 is 17.7 Å². The molecule has 3 amide bonds. The normalized spacial score (nSPS) is 16.2. The molecule has 3 aromatic heterocycles. The van der Waals surface area contributed by atoms with Gasteiger partial charge in [0, 0.05) is 17.1 Å². The van der Waals surface area contributed by atoms with Gasteiger partial charge in [-0.15, -0.1) is 0 Å². The molecule has 378 valence electrons. The number of fused-ring (bicyclic) bond motifs is 6. The van der Waals surface area contributed by atoms with E-state index in [0.29, 0.717) is 34.6 Å². The van der Waals surface area contributed by atoms with E-state index in [1.807, 2.05) is 167 Å². The molecule has 0 saturated heterocycles. The van der Waals surface area contributed by atoms with Crippen molar-refractivity contribution in [1.29, 1.82) is 0 Å². The first-order valence-corrected chi connectivity index (χ1v) is 25.9. The second-order valence-corrected chi connectivity index (χ2v) is 20.5. The molecule has 75 heavy (non-hydrogen) atoms. The fraction of sp³-hybridized carbons (Fsp3) is 0.238. The maximum absolute atomic E-state index is 15.2. The van der Waals surface area contributed by atoms with Gasteiger partial charge in [0.25, 0.3) is 17.7 Å². The molecular formula is C63H63N9O3. The molecule has 0 saturated carbocycles. The van der Waals surface area contributed by atoms with Gasteiger partial charge < -0.3 is 16.0 Å². The molecule has 0 aliphatic carbocycles. The first-order valence-electron chi connectivity index (χ1n) is 25.9. The average Bonchev–Trinajstić information content (AvgIpc) is 4.09. The third kappa shape index (κ3) is 9.60. The van der Waals surface area contributed by atoms with Gasteiger partial charge in [-0.2, -0.15) is 0 Å². The summed E-state index contributed by atoms with van der Waals surface area (Å²) in [5, 5.41) is 10.0. The Hall–Kier alpha value is -8.64. The van der Waals surface area contributed by atoms with E-state index in [4.69, 9.17) is 15.0 Å². The molecule has 9 aromatic rings. The zero-order valence-corrected chi connectivity index (χ0v) is 44.0. The van der Waals surface area contributed by atoms with Gasteiger partial charge in [-0.3, -0.25) is 28.1 Å². The number of rotatable bonds is 9. The van der Waals surface area contributed by atoms with E-state index in [2.05, 4.69) is 88.7 Å². The van der Waals surface area contributed by atoms with Crippen LogP contribution >= 0.6 is 0 Å². The molecule has 1 aliphatic rings. The highest BCUT2D eigenvalue weighted by molar-refractivity contribution is 5.96. The van der Waals surface area contributed by atoms with Crippen LogP contribution in [-0.4, -0.2) is 46.4 Å². The van der Waals surface area contributed by atoms with E-state index in [-0.39, 0.29) is 34.8 Å². The Morgan fingerprint density at radius 3 is 0.760 bits per heavy atom. The van der Waals surface area contributed by atoms with Crippen molar-refractivity contribution in [2.45, 2.75) is 80.4 Å². The lowest BCUT2D eigenvalue weighted by atomic mass is 10.0. The van der Waals surface area contributed by atoms with Gasteiger partial charge in [0.2, 0.25) is 0 Å². The minimum atomic E-state index is -0.687. The highest BCUT2D eigenvalue weighted by Gasteiger charge is 2.36. The Kier molecular flexibility index (Phi) is 13.8. The van der Waals surface area contributed by atoms with Crippen LogP contribution in [-0.2, 0) is 0 Å². The summed E-state index contributed by atoms with van der Waals surface area (Å²) in [6.45, 7) is 17.8. The number of nitrogens with zero attached hydrogens (tertiary/aromatic N) is 6. The van der Waals surface area contributed by atoms with Crippen LogP contribution in [0.25, 0.3) is 50.4 Å². The van der Waals surface area contributed by atoms with Gasteiger partial charge >= 0.3 is 0 Å². The first-order chi connectivity index (χ1) is 36.2. The molecule has 6 bridgehead atoms. The topological polar surface area (TPSA) is 141 Å². The molecule has 0 radical (unpaired) electrons. The summed E-state index contributed by atoms with van der Waals surface area (Å²) < 4.78 is 5.94. The maximum Gasteiger partial charge on any atom is 0.272 e. The fourth-order valence-corrected chi connectivity index (χ4v) is 10.3. The quantitative estimate of drug-likeness (QED) is 0.132. The predicted octanol–water partition coefficient (Wildman–Crippen LogP) is 12.9. The van der Waals surface area contributed by atoms with Crippen molar-refractivity contribution in [2.24, 2.45) is 17.8 Å². The summed E-state index contributed by atoms with van der Waals surface area (Å²) in [5.41, 5.74) is 11.0. The Morgan fingerprint density at radius 2 is 0.547 bits per heavy atom. The monoisotopic (exact) mass is 994 g/mol. The van der Waals surface area contributed by atoms with Gasteiger partial charge in [0.1, 0.15) is 34.6 Å². The molecule has 12 heteroatoms. The van der Waals surface area contributed by atoms with Crippen molar-refractivity contribution in [1.82, 2.24) is 44.6 Å². The van der Waals surface area contributed by atoms with Crippen molar-refractivity contribution in [3.63, 3.8) is 0 Å². The minimum absolute atomic E-state index is 0.194. The second kappa shape index (κ2) is 20.7. The number of benzene rings is 6. The Morgan fingerprint density at radius 1 is 0.333 bits per heavy atom. The number of hydrogen-bond acceptors (Lipinski definition) is 6. The average molecular weight is 994 g/mol. The fourth-order valence-electron chi connectivity index (χ4n) is 10.3. The highest BCUT2D eigenvalue weighted by atomic mass is 16.2. The molecule has 6 aromatic carbocycles. The minimum Gasteiger partial charge on any atom is -0.340 e. The van der Waals surface area contributed by atoms with Gasteiger partial charge in [-0.1, -0.05) is 169 Å². The molecule has 12 nitrogen and oxygen atoms in total. The van der Waals surface area contributed by atoms with Crippen molar-refractivity contribution in [2.75, 3.05) is 0 Å². The van der Waals surface area contributed by atoms with Crippen molar-refractivity contribution in [3.05, 3.63) is 215 Å². The van der Waals surface area contributed by atoms with Crippen LogP contribution < -0.4 is 16.0 Å². The molecule has 0 fully saturated rings. The van der Waals surface area contributed by atoms with Crippen LogP contribution in [0.2, 0.25) is 0 Å². The lowest BCUT2D eigenvalue weighted by Gasteiger charge is -2.23. The second-order valence-electron chi connectivity index (χ2n) is 20.5. The summed E-state index contributed by atoms with van der Waals surface area (Å²) in [7, 11) is 0. The van der Waals surface area contributed by atoms with Gasteiger partial charge in [-0.05, 0) is 108 Å². The van der Waals surface area contributed by atoms with Crippen LogP contribution in [0.1, 0.15) is 126 Å². The van der Waals surface area contributed by atoms with Crippen molar-refractivity contribution in [3.8, 4) is 50.4 Å². The number of carbonyl (C=O) groups is 3. The van der Waals surface area contributed by atoms with Crippen molar-refractivity contribution < 1.29 is 14.4 Å². The number of amides is 3. The molecule has 1 aliphatic heterocycles. The molecule has 0 spiro atoms. The first kappa shape index (κ1) is 49.9. The van der Waals surface area contributed by atoms with Crippen LogP contribution in [0.15, 0.2) is 164 Å². The number of hydrogen-bond donors (Lipinski definition) is 3. The molecule has 10 rings (SSSR count). The standard InChI is InChI=1S/C63H63N9O3/c1-37(2)52-58-64-56(40(7)70(58)49-31-25-46(26-32-49)43-19-13-10-14-20-43)62(74)68-54(39(5)6)60-66-57(42(9)72(60)51-35-29-48(30-36-51)45-23-17-12-18-24-45)63(75)69-53(38(3)4)59-65-55(61(73)67-52)41(8)71(59)50-33-27-47(28-34-50)44-21-15-11-16-22-44/h10-39,52-54H,1-9H3,(H,67,73)(H,68,74)(H,69,75)/t52-,53-,54-/m0/s1. The summed E-state index contributed by atoms with van der Waals surface area (Å²) in [6.07, 6.45) is 0. The van der Waals surface area contributed by atoms with E-state index in [0.717, 1.165) is 50.4 Å². The summed E-state index contributed by atoms with van der Waals surface area (Å²) in [4.78, 5) is 61.1. The molecule has 3 atom stereocenters. The molecule has 4 heterocycles. The van der Waals surface area contributed by atoms with Crippen LogP contribution in [0.3, 0.4) is 0 Å². The van der Waals surface area contributed by atoms with Crippen LogP contribution in [0.4, 0.5) is 0 Å². The maximum atomic E-state index is 15.2. The van der Waals surface area contributed by atoms with E-state index in [9.17, 15) is 0 Å². The Bertz CT molecular complexity index is 3150. The number of imidazole rings is 3.